The molecule has 2 fully saturated rings. The van der Waals surface area contributed by atoms with Crippen LogP contribution in [0.2, 0.25) is 0 Å². The monoisotopic (exact) mass is 395 g/mol. The van der Waals surface area contributed by atoms with Crippen LogP contribution in [-0.4, -0.2) is 50.1 Å². The Kier molecular flexibility index (Phi) is 8.07. The van der Waals surface area contributed by atoms with Crippen molar-refractivity contribution < 1.29 is 14.3 Å². The van der Waals surface area contributed by atoms with Gasteiger partial charge in [-0.15, -0.1) is 12.4 Å². The lowest BCUT2D eigenvalue weighted by Gasteiger charge is -2.35. The number of ether oxygens (including phenoxy) is 1. The Morgan fingerprint density at radius 2 is 2.04 bits per heavy atom. The summed E-state index contributed by atoms with van der Waals surface area (Å²) in [5, 5.41) is 6.40. The Bertz CT molecular complexity index is 642. The van der Waals surface area contributed by atoms with Crippen molar-refractivity contribution in [3.8, 4) is 0 Å². The van der Waals surface area contributed by atoms with E-state index >= 15 is 0 Å². The summed E-state index contributed by atoms with van der Waals surface area (Å²) in [7, 11) is 1.65. The molecule has 1 aromatic carbocycles. The van der Waals surface area contributed by atoms with Crippen LogP contribution in [0.25, 0.3) is 0 Å². The molecular formula is C20H30ClN3O3. The number of piperidine rings is 1. The summed E-state index contributed by atoms with van der Waals surface area (Å²) in [6.07, 6.45) is 3.20. The molecule has 150 valence electrons. The number of rotatable bonds is 7. The van der Waals surface area contributed by atoms with Crippen molar-refractivity contribution in [2.75, 3.05) is 33.4 Å². The molecule has 0 radical (unpaired) electrons. The molecule has 0 saturated carbocycles. The summed E-state index contributed by atoms with van der Waals surface area (Å²) in [5.41, 5.74) is 1.74. The third kappa shape index (κ3) is 5.43. The fourth-order valence-corrected chi connectivity index (χ4v) is 3.92. The highest BCUT2D eigenvalue weighted by Crippen LogP contribution is 2.29. The standard InChI is InChI=1S/C20H29N3O3.ClH/c1-26-15-20(7-9-21-10-8-20)19(25)22-13-16-4-2-5-17(12-16)14-23-11-3-6-18(23)24;/h2,4-5,12,21H,3,6-11,13-15H2,1H3,(H,22,25);1H. The molecule has 0 atom stereocenters. The normalized spacial score (nSPS) is 18.9. The second kappa shape index (κ2) is 10.1. The molecule has 0 bridgehead atoms. The molecule has 0 aromatic heterocycles. The number of nitrogens with one attached hydrogen (secondary N) is 2. The number of halogens is 1. The van der Waals surface area contributed by atoms with Gasteiger partial charge in [-0.1, -0.05) is 24.3 Å². The number of hydrogen-bond acceptors (Lipinski definition) is 4. The van der Waals surface area contributed by atoms with Crippen molar-refractivity contribution in [1.82, 2.24) is 15.5 Å². The third-order valence-corrected chi connectivity index (χ3v) is 5.45. The molecule has 7 heteroatoms. The van der Waals surface area contributed by atoms with E-state index in [0.717, 1.165) is 50.0 Å². The van der Waals surface area contributed by atoms with Gasteiger partial charge in [0.05, 0.1) is 12.0 Å². The van der Waals surface area contributed by atoms with E-state index in [1.54, 1.807) is 7.11 Å². The first-order valence-electron chi connectivity index (χ1n) is 9.46. The Morgan fingerprint density at radius 1 is 1.30 bits per heavy atom. The molecule has 1 aromatic rings. The lowest BCUT2D eigenvalue weighted by molar-refractivity contribution is -0.136. The number of amides is 2. The summed E-state index contributed by atoms with van der Waals surface area (Å²) in [6.45, 7) is 4.14. The van der Waals surface area contributed by atoms with Crippen LogP contribution in [0, 0.1) is 5.41 Å². The highest BCUT2D eigenvalue weighted by molar-refractivity contribution is 5.85. The average molecular weight is 396 g/mol. The zero-order chi connectivity index (χ0) is 18.4. The zero-order valence-electron chi connectivity index (χ0n) is 16.0. The predicted molar refractivity (Wildman–Crippen MR) is 107 cm³/mol. The van der Waals surface area contributed by atoms with Crippen molar-refractivity contribution in [2.24, 2.45) is 5.41 Å². The summed E-state index contributed by atoms with van der Waals surface area (Å²) < 4.78 is 5.34. The van der Waals surface area contributed by atoms with Crippen LogP contribution in [0.15, 0.2) is 24.3 Å². The topological polar surface area (TPSA) is 70.7 Å². The van der Waals surface area contributed by atoms with E-state index in [1.165, 1.54) is 0 Å². The molecule has 2 amide bonds. The Labute approximate surface area is 167 Å². The second-order valence-electron chi connectivity index (χ2n) is 7.38. The number of hydrogen-bond donors (Lipinski definition) is 2. The minimum absolute atomic E-state index is 0. The second-order valence-corrected chi connectivity index (χ2v) is 7.38. The molecule has 2 aliphatic rings. The summed E-state index contributed by atoms with van der Waals surface area (Å²) >= 11 is 0. The first-order chi connectivity index (χ1) is 12.6. The first-order valence-corrected chi connectivity index (χ1v) is 9.46. The van der Waals surface area contributed by atoms with Crippen LogP contribution in [0.5, 0.6) is 0 Å². The molecule has 2 heterocycles. The Morgan fingerprint density at radius 3 is 2.70 bits per heavy atom. The zero-order valence-corrected chi connectivity index (χ0v) is 16.8. The minimum atomic E-state index is -0.431. The molecule has 2 aliphatic heterocycles. The quantitative estimate of drug-likeness (QED) is 0.739. The van der Waals surface area contributed by atoms with Crippen LogP contribution in [-0.2, 0) is 27.4 Å². The van der Waals surface area contributed by atoms with Gasteiger partial charge in [0.2, 0.25) is 11.8 Å². The molecule has 3 rings (SSSR count). The van der Waals surface area contributed by atoms with Crippen molar-refractivity contribution >= 4 is 24.2 Å². The average Bonchev–Trinajstić information content (AvgIpc) is 3.06. The van der Waals surface area contributed by atoms with E-state index in [9.17, 15) is 9.59 Å². The van der Waals surface area contributed by atoms with Gasteiger partial charge < -0.3 is 20.3 Å². The fourth-order valence-electron chi connectivity index (χ4n) is 3.92. The molecule has 2 saturated heterocycles. The predicted octanol–water partition coefficient (Wildman–Crippen LogP) is 1.86. The van der Waals surface area contributed by atoms with Gasteiger partial charge in [0, 0.05) is 33.2 Å². The number of nitrogens with zero attached hydrogens (tertiary/aromatic N) is 1. The van der Waals surface area contributed by atoms with Crippen molar-refractivity contribution in [3.05, 3.63) is 35.4 Å². The number of methoxy groups -OCH3 is 1. The Hall–Kier alpha value is -1.63. The molecule has 6 nitrogen and oxygen atoms in total. The van der Waals surface area contributed by atoms with Gasteiger partial charge in [0.1, 0.15) is 0 Å². The number of likely N-dealkylation sites (tertiary alicyclic amines) is 1. The van der Waals surface area contributed by atoms with Gasteiger partial charge in [0.15, 0.2) is 0 Å². The smallest absolute Gasteiger partial charge is 0.228 e. The summed E-state index contributed by atoms with van der Waals surface area (Å²) in [5.74, 6) is 0.303. The number of benzene rings is 1. The molecule has 0 aliphatic carbocycles. The SMILES string of the molecule is COCC1(C(=O)NCc2cccc(CN3CCCC3=O)c2)CCNCC1.Cl. The van der Waals surface area contributed by atoms with Crippen molar-refractivity contribution in [1.29, 1.82) is 0 Å². The van der Waals surface area contributed by atoms with E-state index in [4.69, 9.17) is 4.74 Å². The van der Waals surface area contributed by atoms with Crippen LogP contribution in [0.1, 0.15) is 36.8 Å². The Balaban J connectivity index is 0.00000261. The van der Waals surface area contributed by atoms with Crippen LogP contribution < -0.4 is 10.6 Å². The molecule has 2 N–H and O–H groups in total. The van der Waals surface area contributed by atoms with Gasteiger partial charge >= 0.3 is 0 Å². The van der Waals surface area contributed by atoms with Gasteiger partial charge in [-0.25, -0.2) is 0 Å². The first kappa shape index (κ1) is 21.7. The van der Waals surface area contributed by atoms with Gasteiger partial charge in [-0.2, -0.15) is 0 Å². The number of carbonyl (C=O) groups excluding carboxylic acids is 2. The van der Waals surface area contributed by atoms with Crippen LogP contribution in [0.3, 0.4) is 0 Å². The maximum Gasteiger partial charge on any atom is 0.228 e. The maximum absolute atomic E-state index is 12.8. The van der Waals surface area contributed by atoms with Crippen LogP contribution >= 0.6 is 12.4 Å². The van der Waals surface area contributed by atoms with Gasteiger partial charge in [0.25, 0.3) is 0 Å². The highest BCUT2D eigenvalue weighted by Gasteiger charge is 2.39. The van der Waals surface area contributed by atoms with Gasteiger partial charge in [-0.05, 0) is 43.5 Å². The van der Waals surface area contributed by atoms with E-state index in [-0.39, 0.29) is 24.2 Å². The molecule has 0 unspecified atom stereocenters. The van der Waals surface area contributed by atoms with Crippen molar-refractivity contribution in [2.45, 2.75) is 38.8 Å². The molecule has 0 spiro atoms. The van der Waals surface area contributed by atoms with Crippen LogP contribution in [0.4, 0.5) is 0 Å². The van der Waals surface area contributed by atoms with E-state index in [1.807, 2.05) is 23.1 Å². The molecule has 27 heavy (non-hydrogen) atoms. The van der Waals surface area contributed by atoms with Crippen molar-refractivity contribution in [3.63, 3.8) is 0 Å². The number of carbonyl (C=O) groups is 2. The van der Waals surface area contributed by atoms with E-state index < -0.39 is 5.41 Å². The maximum atomic E-state index is 12.8. The summed E-state index contributed by atoms with van der Waals surface area (Å²) in [6, 6.07) is 8.13. The third-order valence-electron chi connectivity index (χ3n) is 5.45. The van der Waals surface area contributed by atoms with E-state index in [0.29, 0.717) is 26.1 Å². The lowest BCUT2D eigenvalue weighted by atomic mass is 9.78. The summed E-state index contributed by atoms with van der Waals surface area (Å²) in [4.78, 5) is 26.5. The highest BCUT2D eigenvalue weighted by atomic mass is 35.5. The lowest BCUT2D eigenvalue weighted by Crippen LogP contribution is -2.49. The molecular weight excluding hydrogens is 366 g/mol. The largest absolute Gasteiger partial charge is 0.384 e. The van der Waals surface area contributed by atoms with Gasteiger partial charge in [-0.3, -0.25) is 9.59 Å². The minimum Gasteiger partial charge on any atom is -0.384 e. The van der Waals surface area contributed by atoms with E-state index in [2.05, 4.69) is 16.7 Å². The fraction of sp³-hybridized carbons (Fsp3) is 0.600.